The number of benzene rings is 2. The summed E-state index contributed by atoms with van der Waals surface area (Å²) in [6, 6.07) is 17.9. The van der Waals surface area contributed by atoms with Gasteiger partial charge in [0.1, 0.15) is 0 Å². The van der Waals surface area contributed by atoms with Crippen LogP contribution in [-0.2, 0) is 20.7 Å². The average Bonchev–Trinajstić information content (AvgIpc) is 3.14. The molecule has 0 saturated heterocycles. The minimum Gasteiger partial charge on any atom is -0.453 e. The Hall–Kier alpha value is -2.73. The smallest absolute Gasteiger partial charge is 0.306 e. The van der Waals surface area contributed by atoms with Gasteiger partial charge in [0, 0.05) is 13.0 Å². The van der Waals surface area contributed by atoms with Gasteiger partial charge in [0.2, 0.25) is 0 Å². The Morgan fingerprint density at radius 1 is 1.07 bits per heavy atom. The summed E-state index contributed by atoms with van der Waals surface area (Å²) in [7, 11) is 0. The molecule has 2 atom stereocenters. The molecule has 1 heterocycles. The van der Waals surface area contributed by atoms with Crippen LogP contribution in [0.15, 0.2) is 54.6 Å². The summed E-state index contributed by atoms with van der Waals surface area (Å²) in [4.78, 5) is 28.8. The lowest BCUT2D eigenvalue weighted by Gasteiger charge is -2.16. The van der Waals surface area contributed by atoms with E-state index in [0.29, 0.717) is 13.0 Å². The number of hydrogen-bond acceptors (Lipinski definition) is 5. The van der Waals surface area contributed by atoms with Crippen molar-refractivity contribution in [3.8, 4) is 0 Å². The second-order valence-corrected chi connectivity index (χ2v) is 7.88. The lowest BCUT2D eigenvalue weighted by molar-refractivity contribution is -0.154. The van der Waals surface area contributed by atoms with Crippen LogP contribution in [-0.4, -0.2) is 29.5 Å². The largest absolute Gasteiger partial charge is 0.453 e. The van der Waals surface area contributed by atoms with Crippen LogP contribution in [0, 0.1) is 0 Å². The molecular weight excluding hydrogens is 372 g/mol. The Balaban J connectivity index is 1.42. The van der Waals surface area contributed by atoms with Crippen LogP contribution in [0.1, 0.15) is 36.8 Å². The molecule has 3 aromatic rings. The monoisotopic (exact) mass is 396 g/mol. The van der Waals surface area contributed by atoms with Crippen LogP contribution in [0.2, 0.25) is 0 Å². The first-order valence-electron chi connectivity index (χ1n) is 9.39. The molecule has 6 heteroatoms. The van der Waals surface area contributed by atoms with Gasteiger partial charge in [0.05, 0.1) is 21.6 Å². The Bertz CT molecular complexity index is 906. The molecule has 146 valence electrons. The van der Waals surface area contributed by atoms with Gasteiger partial charge in [-0.1, -0.05) is 49.4 Å². The van der Waals surface area contributed by atoms with Crippen molar-refractivity contribution in [2.24, 2.45) is 0 Å². The first-order valence-corrected chi connectivity index (χ1v) is 10.2. The van der Waals surface area contributed by atoms with Gasteiger partial charge in [-0.25, -0.2) is 4.98 Å². The molecule has 0 radical (unpaired) electrons. The maximum atomic E-state index is 12.2. The van der Waals surface area contributed by atoms with Gasteiger partial charge in [-0.05, 0) is 30.5 Å². The maximum absolute atomic E-state index is 12.2. The van der Waals surface area contributed by atoms with E-state index in [9.17, 15) is 9.59 Å². The molecule has 0 unspecified atom stereocenters. The Morgan fingerprint density at radius 3 is 2.54 bits per heavy atom. The van der Waals surface area contributed by atoms with E-state index in [0.717, 1.165) is 20.8 Å². The third kappa shape index (κ3) is 5.39. The number of rotatable bonds is 8. The van der Waals surface area contributed by atoms with E-state index >= 15 is 0 Å². The van der Waals surface area contributed by atoms with Gasteiger partial charge in [0.25, 0.3) is 5.91 Å². The van der Waals surface area contributed by atoms with Crippen LogP contribution in [0.3, 0.4) is 0 Å². The van der Waals surface area contributed by atoms with Crippen LogP contribution in [0.4, 0.5) is 0 Å². The predicted octanol–water partition coefficient (Wildman–Crippen LogP) is 4.08. The number of fused-ring (bicyclic) bond motifs is 1. The van der Waals surface area contributed by atoms with Gasteiger partial charge in [-0.15, -0.1) is 11.3 Å². The molecule has 1 amide bonds. The summed E-state index contributed by atoms with van der Waals surface area (Å²) >= 11 is 1.58. The van der Waals surface area contributed by atoms with Gasteiger partial charge < -0.3 is 10.1 Å². The molecule has 28 heavy (non-hydrogen) atoms. The van der Waals surface area contributed by atoms with Crippen molar-refractivity contribution in [1.82, 2.24) is 10.3 Å². The van der Waals surface area contributed by atoms with Crippen LogP contribution in [0.25, 0.3) is 10.2 Å². The molecule has 5 nitrogen and oxygen atoms in total. The molecule has 0 fully saturated rings. The van der Waals surface area contributed by atoms with E-state index < -0.39 is 12.1 Å². The third-order valence-electron chi connectivity index (χ3n) is 4.51. The van der Waals surface area contributed by atoms with Gasteiger partial charge >= 0.3 is 5.97 Å². The number of para-hydroxylation sites is 1. The molecular formula is C22H24N2O3S. The number of thiazole rings is 1. The number of amides is 1. The second kappa shape index (κ2) is 9.46. The van der Waals surface area contributed by atoms with Crippen molar-refractivity contribution in [1.29, 1.82) is 0 Å². The fourth-order valence-electron chi connectivity index (χ4n) is 2.84. The molecule has 0 bridgehead atoms. The minimum atomic E-state index is -0.814. The highest BCUT2D eigenvalue weighted by molar-refractivity contribution is 7.18. The summed E-state index contributed by atoms with van der Waals surface area (Å²) in [5.74, 6) is -0.485. The Morgan fingerprint density at radius 2 is 1.79 bits per heavy atom. The highest BCUT2D eigenvalue weighted by Gasteiger charge is 2.19. The fraction of sp³-hybridized carbons (Fsp3) is 0.318. The molecule has 3 rings (SSSR count). The van der Waals surface area contributed by atoms with Crippen molar-refractivity contribution in [3.63, 3.8) is 0 Å². The quantitative estimate of drug-likeness (QED) is 0.583. The van der Waals surface area contributed by atoms with E-state index in [1.807, 2.05) is 61.5 Å². The zero-order chi connectivity index (χ0) is 19.9. The Kier molecular flexibility index (Phi) is 6.76. The van der Waals surface area contributed by atoms with Crippen LogP contribution < -0.4 is 5.32 Å². The van der Waals surface area contributed by atoms with E-state index in [1.54, 1.807) is 18.3 Å². The van der Waals surface area contributed by atoms with Gasteiger partial charge in [-0.3, -0.25) is 9.59 Å². The van der Waals surface area contributed by atoms with E-state index in [1.165, 1.54) is 0 Å². The van der Waals surface area contributed by atoms with Gasteiger partial charge in [-0.2, -0.15) is 0 Å². The van der Waals surface area contributed by atoms with Gasteiger partial charge in [0.15, 0.2) is 6.10 Å². The molecule has 1 aromatic heterocycles. The maximum Gasteiger partial charge on any atom is 0.306 e. The van der Waals surface area contributed by atoms with E-state index in [-0.39, 0.29) is 18.2 Å². The molecule has 0 aliphatic carbocycles. The molecule has 2 aromatic carbocycles. The van der Waals surface area contributed by atoms with E-state index in [4.69, 9.17) is 4.74 Å². The zero-order valence-electron chi connectivity index (χ0n) is 16.1. The number of aromatic nitrogens is 1. The number of nitrogens with zero attached hydrogens (tertiary/aromatic N) is 1. The second-order valence-electron chi connectivity index (χ2n) is 6.76. The summed E-state index contributed by atoms with van der Waals surface area (Å²) in [5.41, 5.74) is 2.10. The standard InChI is InChI=1S/C22H24N2O3S/c1-15(17-8-4-3-5-9-17)14-23-22(26)16(2)27-21(25)13-12-20-24-18-10-6-7-11-19(18)28-20/h3-11,15-16H,12-14H2,1-2H3,(H,23,26)/t15-,16-/m1/s1. The summed E-state index contributed by atoms with van der Waals surface area (Å²) in [6.07, 6.45) is -0.0964. The first-order chi connectivity index (χ1) is 13.5. The van der Waals surface area contributed by atoms with Crippen LogP contribution in [0.5, 0.6) is 0 Å². The summed E-state index contributed by atoms with van der Waals surface area (Å²) in [5, 5.41) is 3.75. The fourth-order valence-corrected chi connectivity index (χ4v) is 3.81. The topological polar surface area (TPSA) is 68.3 Å². The average molecular weight is 397 g/mol. The summed E-state index contributed by atoms with van der Waals surface area (Å²) < 4.78 is 6.37. The zero-order valence-corrected chi connectivity index (χ0v) is 16.9. The minimum absolute atomic E-state index is 0.187. The molecule has 0 saturated carbocycles. The number of carbonyl (C=O) groups is 2. The third-order valence-corrected chi connectivity index (χ3v) is 5.61. The van der Waals surface area contributed by atoms with Crippen molar-refractivity contribution >= 4 is 33.4 Å². The van der Waals surface area contributed by atoms with Crippen LogP contribution >= 0.6 is 11.3 Å². The van der Waals surface area contributed by atoms with Crippen molar-refractivity contribution in [2.45, 2.75) is 38.7 Å². The summed E-state index contributed by atoms with van der Waals surface area (Å²) in [6.45, 7) is 4.14. The number of nitrogens with one attached hydrogen (secondary N) is 1. The lowest BCUT2D eigenvalue weighted by atomic mass is 10.0. The van der Waals surface area contributed by atoms with Crippen molar-refractivity contribution in [3.05, 3.63) is 65.2 Å². The first kappa shape index (κ1) is 20.0. The highest BCUT2D eigenvalue weighted by atomic mass is 32.1. The predicted molar refractivity (Wildman–Crippen MR) is 111 cm³/mol. The molecule has 0 spiro atoms. The molecule has 1 N–H and O–H groups in total. The SMILES string of the molecule is C[C@H](CNC(=O)[C@@H](C)OC(=O)CCc1nc2ccccc2s1)c1ccccc1. The number of aryl methyl sites for hydroxylation is 1. The number of ether oxygens (including phenoxy) is 1. The molecule has 0 aliphatic rings. The number of hydrogen-bond donors (Lipinski definition) is 1. The van der Waals surface area contributed by atoms with Crippen molar-refractivity contribution in [2.75, 3.05) is 6.54 Å². The Labute approximate surface area is 168 Å². The van der Waals surface area contributed by atoms with E-state index in [2.05, 4.69) is 10.3 Å². The highest BCUT2D eigenvalue weighted by Crippen LogP contribution is 2.22. The van der Waals surface area contributed by atoms with Crippen molar-refractivity contribution < 1.29 is 14.3 Å². The lowest BCUT2D eigenvalue weighted by Crippen LogP contribution is -2.37. The number of carbonyl (C=O) groups excluding carboxylic acids is 2. The normalized spacial score (nSPS) is 13.1. The number of esters is 1. The molecule has 0 aliphatic heterocycles.